The monoisotopic (exact) mass is 674 g/mol. The van der Waals surface area contributed by atoms with Gasteiger partial charge in [-0.1, -0.05) is 11.6 Å². The number of phosphoric ester groups is 1. The number of imidazole rings is 2. The molecule has 1 unspecified atom stereocenters. The number of alkyl halides is 1. The Kier molecular flexibility index (Phi) is 7.40. The van der Waals surface area contributed by atoms with Gasteiger partial charge in [-0.2, -0.15) is 13.1 Å². The van der Waals surface area contributed by atoms with Gasteiger partial charge in [0.05, 0.1) is 30.3 Å². The number of rotatable bonds is 2. The highest BCUT2D eigenvalue weighted by Crippen LogP contribution is 2.50. The molecule has 17 nitrogen and oxygen atoms in total. The molecule has 21 heteroatoms. The van der Waals surface area contributed by atoms with E-state index in [-0.39, 0.29) is 23.4 Å². The van der Waals surface area contributed by atoms with Crippen molar-refractivity contribution in [2.24, 2.45) is 0 Å². The summed E-state index contributed by atoms with van der Waals surface area (Å²) in [7, 11) is -9.44. The lowest BCUT2D eigenvalue weighted by molar-refractivity contribution is -0.0468. The number of nitrogens with two attached hydrogens (primary N) is 1. The number of aryl methyl sites for hydroxylation is 1. The number of aromatic nitrogens is 6. The van der Waals surface area contributed by atoms with Gasteiger partial charge in [-0.05, 0) is 24.6 Å². The Bertz CT molecular complexity index is 1910. The fourth-order valence-electron chi connectivity index (χ4n) is 5.50. The van der Waals surface area contributed by atoms with Crippen LogP contribution < -0.4 is 10.5 Å². The smallest absolute Gasteiger partial charge is 0.382 e. The molecule has 0 amide bonds. The predicted octanol–water partition coefficient (Wildman–Crippen LogP) is 1.68. The normalized spacial score (nSPS) is 34.4. The van der Waals surface area contributed by atoms with Crippen LogP contribution in [-0.2, 0) is 37.6 Å². The van der Waals surface area contributed by atoms with Crippen molar-refractivity contribution >= 4 is 57.7 Å². The van der Waals surface area contributed by atoms with E-state index in [1.165, 1.54) is 17.2 Å². The Labute approximate surface area is 253 Å². The molecule has 4 aromatic rings. The van der Waals surface area contributed by atoms with Crippen molar-refractivity contribution in [3.05, 3.63) is 41.7 Å². The van der Waals surface area contributed by atoms with Crippen molar-refractivity contribution in [2.75, 3.05) is 18.9 Å². The second kappa shape index (κ2) is 10.9. The molecule has 3 saturated heterocycles. The van der Waals surface area contributed by atoms with E-state index in [4.69, 9.17) is 40.0 Å². The zero-order valence-electron chi connectivity index (χ0n) is 22.6. The molecule has 0 saturated carbocycles. The highest BCUT2D eigenvalue weighted by Gasteiger charge is 2.52. The Morgan fingerprint density at radius 2 is 1.93 bits per heavy atom. The van der Waals surface area contributed by atoms with Crippen molar-refractivity contribution in [3.8, 4) is 0 Å². The summed E-state index contributed by atoms with van der Waals surface area (Å²) in [5.74, 6) is 0.0406. The molecule has 236 valence electrons. The van der Waals surface area contributed by atoms with E-state index in [0.717, 1.165) is 11.9 Å². The molecule has 6 heterocycles. The summed E-state index contributed by atoms with van der Waals surface area (Å²) in [4.78, 5) is 26.9. The second-order valence-electron chi connectivity index (χ2n) is 10.5. The van der Waals surface area contributed by atoms with E-state index in [1.807, 2.05) is 6.92 Å². The van der Waals surface area contributed by atoms with Gasteiger partial charge >= 0.3 is 18.1 Å². The van der Waals surface area contributed by atoms with Gasteiger partial charge in [0.2, 0.25) is 0 Å². The van der Waals surface area contributed by atoms with Crippen LogP contribution in [0.5, 0.6) is 0 Å². The quantitative estimate of drug-likeness (QED) is 0.258. The van der Waals surface area contributed by atoms with Gasteiger partial charge in [-0.15, -0.1) is 0 Å². The van der Waals surface area contributed by atoms with Crippen molar-refractivity contribution in [1.29, 1.82) is 0 Å². The van der Waals surface area contributed by atoms with Crippen LogP contribution in [0, 0.1) is 6.92 Å². The lowest BCUT2D eigenvalue weighted by atomic mass is 10.1. The van der Waals surface area contributed by atoms with Gasteiger partial charge in [0.25, 0.3) is 0 Å². The SMILES string of the molecule is Cc1cc2c(cc1Cl)ncn2[C@H]1C[C@@H]2OS(=O)(=O)NC[C@H]3O[C@@H](n4cnc5c(N)ncnc54)[C@H](F)[C@@H]3OP(=O)(O)OC[C@H]2O1. The number of nitrogen functional groups attached to an aromatic ring is 1. The third-order valence-corrected chi connectivity index (χ3v) is 10.1. The Balaban J connectivity index is 1.15. The number of ether oxygens (including phenoxy) is 2. The highest BCUT2D eigenvalue weighted by molar-refractivity contribution is 7.84. The Morgan fingerprint density at radius 3 is 2.75 bits per heavy atom. The van der Waals surface area contributed by atoms with E-state index < -0.39 is 74.3 Å². The summed E-state index contributed by atoms with van der Waals surface area (Å²) in [6.07, 6.45) is -5.93. The Morgan fingerprint density at radius 1 is 1.14 bits per heavy atom. The highest BCUT2D eigenvalue weighted by atomic mass is 35.5. The summed E-state index contributed by atoms with van der Waals surface area (Å²) in [6.45, 7) is 0.616. The van der Waals surface area contributed by atoms with Crippen LogP contribution in [0.3, 0.4) is 0 Å². The molecule has 3 aromatic heterocycles. The number of hydrogen-bond acceptors (Lipinski definition) is 13. The van der Waals surface area contributed by atoms with Crippen LogP contribution in [0.2, 0.25) is 5.02 Å². The third-order valence-electron chi connectivity index (χ3n) is 7.64. The van der Waals surface area contributed by atoms with Crippen LogP contribution in [0.15, 0.2) is 31.1 Å². The van der Waals surface area contributed by atoms with E-state index in [2.05, 4.69) is 24.7 Å². The van der Waals surface area contributed by atoms with Crippen molar-refractivity contribution < 1.29 is 45.0 Å². The number of nitrogens with one attached hydrogen (secondary N) is 1. The number of benzene rings is 1. The van der Waals surface area contributed by atoms with Gasteiger partial charge in [-0.25, -0.2) is 28.9 Å². The molecule has 0 aliphatic carbocycles. The zero-order valence-corrected chi connectivity index (χ0v) is 25.1. The molecule has 0 spiro atoms. The lowest BCUT2D eigenvalue weighted by Gasteiger charge is -2.25. The average Bonchev–Trinajstić information content (AvgIpc) is 3.73. The summed E-state index contributed by atoms with van der Waals surface area (Å²) in [5.41, 5.74) is 8.15. The van der Waals surface area contributed by atoms with Gasteiger partial charge < -0.3 is 24.7 Å². The van der Waals surface area contributed by atoms with Crippen LogP contribution in [0.1, 0.15) is 24.4 Å². The van der Waals surface area contributed by atoms with Crippen molar-refractivity contribution in [2.45, 2.75) is 56.4 Å². The summed E-state index contributed by atoms with van der Waals surface area (Å²) in [5, 5.41) is 0.525. The van der Waals surface area contributed by atoms with Gasteiger partial charge in [0, 0.05) is 18.0 Å². The standard InChI is InChI=1S/C23H25ClFN8O9PS/c1-10-2-13-12(3-11(10)24)29-8-32(13)17-4-14-16(39-17)6-38-43(34,35)41-20-15(5-31-44(36,37)42-14)40-23(18(20)25)33-9-30-19-21(26)27-7-28-22(19)33/h2-3,7-9,14-18,20,23,31H,4-6H2,1H3,(H,34,35)(H2,26,27,28)/t14-,15+,16+,17+,18+,20+,23+/m0/s1. The minimum Gasteiger partial charge on any atom is -0.382 e. The molecule has 0 radical (unpaired) electrons. The molecule has 1 aromatic carbocycles. The maximum absolute atomic E-state index is 15.9. The van der Waals surface area contributed by atoms with Gasteiger partial charge in [0.15, 0.2) is 23.9 Å². The topological polar surface area (TPSA) is 217 Å². The zero-order chi connectivity index (χ0) is 31.0. The number of nitrogens with zero attached hydrogens (tertiary/aromatic N) is 6. The first kappa shape index (κ1) is 29.8. The van der Waals surface area contributed by atoms with Gasteiger partial charge in [0.1, 0.15) is 42.5 Å². The minimum absolute atomic E-state index is 0.00846. The molecule has 3 aliphatic rings. The van der Waals surface area contributed by atoms with Crippen molar-refractivity contribution in [3.63, 3.8) is 0 Å². The largest absolute Gasteiger partial charge is 0.472 e. The first-order chi connectivity index (χ1) is 20.9. The number of phosphoric acid groups is 1. The second-order valence-corrected chi connectivity index (χ2v) is 13.7. The van der Waals surface area contributed by atoms with Gasteiger partial charge in [-0.3, -0.25) is 17.8 Å². The summed E-state index contributed by atoms with van der Waals surface area (Å²) < 4.78 is 87.8. The average molecular weight is 675 g/mol. The first-order valence-corrected chi connectivity index (χ1v) is 16.5. The summed E-state index contributed by atoms with van der Waals surface area (Å²) in [6, 6.07) is 3.49. The number of fused-ring (bicyclic) bond motifs is 4. The number of anilines is 1. The van der Waals surface area contributed by atoms with Crippen LogP contribution in [0.4, 0.5) is 10.2 Å². The predicted molar refractivity (Wildman–Crippen MR) is 149 cm³/mol. The molecule has 7 rings (SSSR count). The molecule has 8 atom stereocenters. The van der Waals surface area contributed by atoms with Crippen LogP contribution in [0.25, 0.3) is 22.2 Å². The van der Waals surface area contributed by atoms with Crippen molar-refractivity contribution in [1.82, 2.24) is 33.8 Å². The van der Waals surface area contributed by atoms with E-state index in [0.29, 0.717) is 16.1 Å². The molecule has 44 heavy (non-hydrogen) atoms. The van der Waals surface area contributed by atoms with E-state index in [9.17, 15) is 17.9 Å². The number of hydrogen-bond donors (Lipinski definition) is 3. The fourth-order valence-corrected chi connectivity index (χ4v) is 7.58. The van der Waals surface area contributed by atoms with E-state index >= 15 is 4.39 Å². The maximum atomic E-state index is 15.9. The lowest BCUT2D eigenvalue weighted by Crippen LogP contribution is -2.43. The molecule has 3 fully saturated rings. The molecular weight excluding hydrogens is 650 g/mol. The molecule has 0 bridgehead atoms. The molecular formula is C23H25ClFN8O9PS. The Hall–Kier alpha value is -2.84. The first-order valence-electron chi connectivity index (χ1n) is 13.2. The fraction of sp³-hybridized carbons (Fsp3) is 0.478. The molecule has 4 N–H and O–H groups in total. The van der Waals surface area contributed by atoms with Crippen LogP contribution >= 0.6 is 19.4 Å². The number of halogens is 2. The van der Waals surface area contributed by atoms with Crippen LogP contribution in [-0.4, -0.2) is 86.1 Å². The maximum Gasteiger partial charge on any atom is 0.472 e. The summed E-state index contributed by atoms with van der Waals surface area (Å²) >= 11 is 6.22. The van der Waals surface area contributed by atoms with E-state index in [1.54, 1.807) is 16.7 Å². The minimum atomic E-state index is -4.95. The third kappa shape index (κ3) is 5.36. The molecule has 3 aliphatic heterocycles.